The fourth-order valence-corrected chi connectivity index (χ4v) is 3.76. The van der Waals surface area contributed by atoms with Gasteiger partial charge in [0.1, 0.15) is 12.4 Å². The van der Waals surface area contributed by atoms with E-state index >= 15 is 0 Å². The minimum Gasteiger partial charge on any atom is -0.497 e. The summed E-state index contributed by atoms with van der Waals surface area (Å²) in [4.78, 5) is 27.0. The normalized spacial score (nSPS) is 22.8. The van der Waals surface area contributed by atoms with Gasteiger partial charge in [-0.25, -0.2) is 13.1 Å². The van der Waals surface area contributed by atoms with E-state index in [1.54, 1.807) is 24.1 Å². The van der Waals surface area contributed by atoms with E-state index < -0.39 is 22.2 Å². The van der Waals surface area contributed by atoms with Gasteiger partial charge in [-0.2, -0.15) is 0 Å². The summed E-state index contributed by atoms with van der Waals surface area (Å²) in [5, 5.41) is 2.69. The van der Waals surface area contributed by atoms with Gasteiger partial charge in [-0.1, -0.05) is 12.1 Å². The molecule has 0 unspecified atom stereocenters. The lowest BCUT2D eigenvalue weighted by atomic mass is 9.96. The van der Waals surface area contributed by atoms with Gasteiger partial charge < -0.3 is 19.7 Å². The minimum absolute atomic E-state index is 0.0791. The summed E-state index contributed by atoms with van der Waals surface area (Å²) >= 11 is 0. The zero-order valence-corrected chi connectivity index (χ0v) is 16.7. The van der Waals surface area contributed by atoms with Gasteiger partial charge in [0.25, 0.3) is 5.91 Å². The molecule has 1 aliphatic heterocycles. The van der Waals surface area contributed by atoms with Gasteiger partial charge >= 0.3 is 0 Å². The Balaban J connectivity index is 1.76. The molecule has 9 nitrogen and oxygen atoms in total. The number of rotatable bonds is 8. The number of morpholine rings is 1. The molecule has 28 heavy (non-hydrogen) atoms. The molecule has 10 heteroatoms. The molecular weight excluding hydrogens is 386 g/mol. The van der Waals surface area contributed by atoms with Crippen molar-refractivity contribution in [2.45, 2.75) is 31.0 Å². The molecule has 2 aliphatic rings. The first-order valence-corrected chi connectivity index (χ1v) is 11.0. The first-order valence-electron chi connectivity index (χ1n) is 9.09. The Morgan fingerprint density at radius 1 is 1.25 bits per heavy atom. The second-order valence-electron chi connectivity index (χ2n) is 6.94. The number of hydrogen-bond acceptors (Lipinski definition) is 6. The number of nitrogens with one attached hydrogen (secondary N) is 2. The van der Waals surface area contributed by atoms with Crippen LogP contribution in [-0.2, 0) is 24.3 Å². The molecule has 0 bridgehead atoms. The molecule has 0 aromatic heterocycles. The molecule has 2 amide bonds. The molecule has 2 atom stereocenters. The highest BCUT2D eigenvalue weighted by atomic mass is 32.2. The molecule has 1 heterocycles. The van der Waals surface area contributed by atoms with Crippen molar-refractivity contribution in [3.8, 4) is 5.75 Å². The zero-order chi connectivity index (χ0) is 20.3. The Labute approximate surface area is 164 Å². The SMILES string of the molecule is COc1ccc([C@@H]2[C@@H](C(=O)NCCNS(C)(=O)=O)OCC(=O)N2C2CC2)cc1. The molecule has 2 N–H and O–H groups in total. The van der Waals surface area contributed by atoms with E-state index in [-0.39, 0.29) is 37.6 Å². The summed E-state index contributed by atoms with van der Waals surface area (Å²) in [6, 6.07) is 6.79. The van der Waals surface area contributed by atoms with E-state index in [2.05, 4.69) is 10.0 Å². The first-order chi connectivity index (χ1) is 13.3. The van der Waals surface area contributed by atoms with Crippen molar-refractivity contribution < 1.29 is 27.5 Å². The van der Waals surface area contributed by atoms with Crippen molar-refractivity contribution in [3.63, 3.8) is 0 Å². The predicted molar refractivity (Wildman–Crippen MR) is 101 cm³/mol. The topological polar surface area (TPSA) is 114 Å². The Morgan fingerprint density at radius 2 is 1.93 bits per heavy atom. The zero-order valence-electron chi connectivity index (χ0n) is 15.9. The number of carbonyl (C=O) groups excluding carboxylic acids is 2. The van der Waals surface area contributed by atoms with Crippen LogP contribution in [0.1, 0.15) is 24.4 Å². The highest BCUT2D eigenvalue weighted by Gasteiger charge is 2.47. The number of hydrogen-bond donors (Lipinski definition) is 2. The van der Waals surface area contributed by atoms with Crippen LogP contribution >= 0.6 is 0 Å². The summed E-state index contributed by atoms with van der Waals surface area (Å²) in [5.74, 6) is 0.165. The predicted octanol–water partition coefficient (Wildman–Crippen LogP) is -0.208. The number of benzene rings is 1. The maximum absolute atomic E-state index is 12.7. The molecule has 1 saturated carbocycles. The highest BCUT2D eigenvalue weighted by molar-refractivity contribution is 7.88. The Kier molecular flexibility index (Phi) is 6.21. The quantitative estimate of drug-likeness (QED) is 0.573. The molecule has 3 rings (SSSR count). The van der Waals surface area contributed by atoms with E-state index in [0.717, 1.165) is 24.7 Å². The average molecular weight is 411 g/mol. The van der Waals surface area contributed by atoms with Crippen molar-refractivity contribution in [1.82, 2.24) is 14.9 Å². The summed E-state index contributed by atoms with van der Waals surface area (Å²) in [7, 11) is -1.75. The third-order valence-electron chi connectivity index (χ3n) is 4.71. The number of methoxy groups -OCH3 is 1. The van der Waals surface area contributed by atoms with Crippen LogP contribution in [0.3, 0.4) is 0 Å². The summed E-state index contributed by atoms with van der Waals surface area (Å²) in [6.07, 6.45) is 2.00. The van der Waals surface area contributed by atoms with E-state index in [4.69, 9.17) is 9.47 Å². The maximum atomic E-state index is 12.7. The summed E-state index contributed by atoms with van der Waals surface area (Å²) in [6.45, 7) is 0.0526. The van der Waals surface area contributed by atoms with Crippen LogP contribution in [0.2, 0.25) is 0 Å². The molecular formula is C18H25N3O6S. The lowest BCUT2D eigenvalue weighted by Gasteiger charge is -2.40. The number of amides is 2. The molecule has 1 aromatic carbocycles. The van der Waals surface area contributed by atoms with Crippen LogP contribution in [0.5, 0.6) is 5.75 Å². The average Bonchev–Trinajstić information content (AvgIpc) is 3.49. The van der Waals surface area contributed by atoms with E-state index in [1.807, 2.05) is 12.1 Å². The van der Waals surface area contributed by atoms with Crippen molar-refractivity contribution in [3.05, 3.63) is 29.8 Å². The van der Waals surface area contributed by atoms with Crippen LogP contribution in [0.4, 0.5) is 0 Å². The minimum atomic E-state index is -3.32. The molecule has 1 saturated heterocycles. The van der Waals surface area contributed by atoms with Crippen LogP contribution < -0.4 is 14.8 Å². The van der Waals surface area contributed by atoms with Crippen LogP contribution in [-0.4, -0.2) is 70.3 Å². The van der Waals surface area contributed by atoms with Gasteiger partial charge in [0.2, 0.25) is 15.9 Å². The lowest BCUT2D eigenvalue weighted by Crippen LogP contribution is -2.55. The number of sulfonamides is 1. The van der Waals surface area contributed by atoms with E-state index in [1.165, 1.54) is 0 Å². The third kappa shape index (κ3) is 5.00. The smallest absolute Gasteiger partial charge is 0.251 e. The number of nitrogens with zero attached hydrogens (tertiary/aromatic N) is 1. The standard InChI is InChI=1S/C18H25N3O6S/c1-26-14-7-3-12(4-8-14)16-17(18(23)19-9-10-20-28(2,24)25)27-11-15(22)21(16)13-5-6-13/h3-4,7-8,13,16-17,20H,5-6,9-11H2,1-2H3,(H,19,23)/t16-,17+/m1/s1. The highest BCUT2D eigenvalue weighted by Crippen LogP contribution is 2.39. The number of carbonyl (C=O) groups is 2. The Morgan fingerprint density at radius 3 is 2.50 bits per heavy atom. The fraction of sp³-hybridized carbons (Fsp3) is 0.556. The van der Waals surface area contributed by atoms with Crippen molar-refractivity contribution in [2.75, 3.05) is 33.1 Å². The van der Waals surface area contributed by atoms with Crippen molar-refractivity contribution in [2.24, 2.45) is 0 Å². The molecule has 2 fully saturated rings. The van der Waals surface area contributed by atoms with Crippen molar-refractivity contribution >= 4 is 21.8 Å². The van der Waals surface area contributed by atoms with Crippen LogP contribution in [0.25, 0.3) is 0 Å². The molecule has 1 aromatic rings. The Bertz CT molecular complexity index is 822. The van der Waals surface area contributed by atoms with Gasteiger partial charge in [-0.3, -0.25) is 9.59 Å². The summed E-state index contributed by atoms with van der Waals surface area (Å²) < 4.78 is 35.4. The third-order valence-corrected chi connectivity index (χ3v) is 5.43. The van der Waals surface area contributed by atoms with Gasteiger partial charge in [0.05, 0.1) is 19.4 Å². The monoisotopic (exact) mass is 411 g/mol. The summed E-state index contributed by atoms with van der Waals surface area (Å²) in [5.41, 5.74) is 0.787. The fourth-order valence-electron chi connectivity index (χ4n) is 3.29. The van der Waals surface area contributed by atoms with Crippen LogP contribution in [0.15, 0.2) is 24.3 Å². The largest absolute Gasteiger partial charge is 0.497 e. The van der Waals surface area contributed by atoms with Gasteiger partial charge in [-0.05, 0) is 30.5 Å². The number of ether oxygens (including phenoxy) is 2. The molecule has 154 valence electrons. The second-order valence-corrected chi connectivity index (χ2v) is 8.77. The van der Waals surface area contributed by atoms with Crippen molar-refractivity contribution in [1.29, 1.82) is 0 Å². The molecule has 0 radical (unpaired) electrons. The van der Waals surface area contributed by atoms with Gasteiger partial charge in [-0.15, -0.1) is 0 Å². The van der Waals surface area contributed by atoms with Gasteiger partial charge in [0.15, 0.2) is 6.10 Å². The Hall–Kier alpha value is -2.17. The molecule has 1 aliphatic carbocycles. The molecule has 0 spiro atoms. The van der Waals surface area contributed by atoms with E-state index in [0.29, 0.717) is 5.75 Å². The maximum Gasteiger partial charge on any atom is 0.251 e. The van der Waals surface area contributed by atoms with E-state index in [9.17, 15) is 18.0 Å². The first kappa shape index (κ1) is 20.6. The second kappa shape index (κ2) is 8.46. The van der Waals surface area contributed by atoms with Gasteiger partial charge in [0, 0.05) is 19.1 Å². The van der Waals surface area contributed by atoms with Crippen LogP contribution in [0, 0.1) is 0 Å². The lowest BCUT2D eigenvalue weighted by molar-refractivity contribution is -0.165.